The highest BCUT2D eigenvalue weighted by Crippen LogP contribution is 2.12. The maximum Gasteiger partial charge on any atom is 0.326 e. The number of primary amides is 1. The van der Waals surface area contributed by atoms with Gasteiger partial charge in [-0.05, 0) is 44.1 Å². The molecular formula is C23H44N6O6. The fourth-order valence-corrected chi connectivity index (χ4v) is 3.35. The van der Waals surface area contributed by atoms with E-state index in [2.05, 4.69) is 16.0 Å². The van der Waals surface area contributed by atoms with Crippen molar-refractivity contribution >= 4 is 29.6 Å². The van der Waals surface area contributed by atoms with Crippen LogP contribution in [-0.2, 0) is 24.0 Å². The highest BCUT2D eigenvalue weighted by molar-refractivity contribution is 5.94. The molecule has 0 aromatic heterocycles. The summed E-state index contributed by atoms with van der Waals surface area (Å²) < 4.78 is 0. The number of carboxylic acid groups (broad SMARTS) is 1. The van der Waals surface area contributed by atoms with Crippen LogP contribution in [0.4, 0.5) is 0 Å². The Balaban J connectivity index is 5.58. The number of rotatable bonds is 18. The molecule has 4 amide bonds. The van der Waals surface area contributed by atoms with E-state index in [0.29, 0.717) is 32.2 Å². The van der Waals surface area contributed by atoms with Gasteiger partial charge < -0.3 is 38.3 Å². The van der Waals surface area contributed by atoms with Crippen LogP contribution in [0.25, 0.3) is 0 Å². The quantitative estimate of drug-likeness (QED) is 0.119. The smallest absolute Gasteiger partial charge is 0.326 e. The lowest BCUT2D eigenvalue weighted by Crippen LogP contribution is -2.59. The number of hydrogen-bond donors (Lipinski definition) is 7. The second-order valence-electron chi connectivity index (χ2n) is 9.04. The molecule has 12 nitrogen and oxygen atoms in total. The molecule has 12 heteroatoms. The van der Waals surface area contributed by atoms with Crippen molar-refractivity contribution in [3.63, 3.8) is 0 Å². The number of nitrogens with two attached hydrogens (primary N) is 3. The Labute approximate surface area is 207 Å². The zero-order chi connectivity index (χ0) is 27.1. The molecule has 0 heterocycles. The Kier molecular flexibility index (Phi) is 15.5. The van der Waals surface area contributed by atoms with Gasteiger partial charge in [0.15, 0.2) is 0 Å². The SMILES string of the molecule is CCC(C)C(NC(=O)C(CCCCN)NC(=O)C(NC(=O)C(N)CCC(N)=O)C(C)CC)C(=O)O. The van der Waals surface area contributed by atoms with Gasteiger partial charge in [-0.1, -0.05) is 40.5 Å². The predicted molar refractivity (Wildman–Crippen MR) is 132 cm³/mol. The molecule has 0 aliphatic carbocycles. The highest BCUT2D eigenvalue weighted by Gasteiger charge is 2.33. The maximum absolute atomic E-state index is 13.2. The average Bonchev–Trinajstić information content (AvgIpc) is 2.81. The average molecular weight is 501 g/mol. The second-order valence-corrected chi connectivity index (χ2v) is 9.04. The van der Waals surface area contributed by atoms with Gasteiger partial charge in [-0.15, -0.1) is 0 Å². The summed E-state index contributed by atoms with van der Waals surface area (Å²) in [5, 5.41) is 17.3. The Morgan fingerprint density at radius 2 is 1.34 bits per heavy atom. The van der Waals surface area contributed by atoms with E-state index in [1.165, 1.54) is 0 Å². The Bertz CT molecular complexity index is 719. The van der Waals surface area contributed by atoms with Crippen molar-refractivity contribution in [1.29, 1.82) is 0 Å². The largest absolute Gasteiger partial charge is 0.480 e. The predicted octanol–water partition coefficient (Wildman–Crippen LogP) is -0.661. The van der Waals surface area contributed by atoms with Crippen molar-refractivity contribution in [2.75, 3.05) is 6.54 Å². The summed E-state index contributed by atoms with van der Waals surface area (Å²) >= 11 is 0. The van der Waals surface area contributed by atoms with Crippen LogP contribution < -0.4 is 33.2 Å². The molecule has 0 aliphatic heterocycles. The minimum atomic E-state index is -1.16. The molecule has 0 radical (unpaired) electrons. The van der Waals surface area contributed by atoms with Gasteiger partial charge in [0.2, 0.25) is 23.6 Å². The van der Waals surface area contributed by atoms with Gasteiger partial charge in [0, 0.05) is 6.42 Å². The van der Waals surface area contributed by atoms with E-state index >= 15 is 0 Å². The van der Waals surface area contributed by atoms with Gasteiger partial charge in [-0.2, -0.15) is 0 Å². The van der Waals surface area contributed by atoms with Crippen LogP contribution in [0, 0.1) is 11.8 Å². The minimum absolute atomic E-state index is 0.0340. The van der Waals surface area contributed by atoms with Gasteiger partial charge >= 0.3 is 5.97 Å². The topological polar surface area (TPSA) is 220 Å². The lowest BCUT2D eigenvalue weighted by molar-refractivity contribution is -0.144. The van der Waals surface area contributed by atoms with Crippen LogP contribution in [0.3, 0.4) is 0 Å². The summed E-state index contributed by atoms with van der Waals surface area (Å²) in [5.74, 6) is -4.16. The molecule has 35 heavy (non-hydrogen) atoms. The van der Waals surface area contributed by atoms with Crippen molar-refractivity contribution in [1.82, 2.24) is 16.0 Å². The summed E-state index contributed by atoms with van der Waals surface area (Å²) in [6.07, 6.45) is 2.46. The molecule has 0 saturated heterocycles. The van der Waals surface area contributed by atoms with Crippen molar-refractivity contribution < 1.29 is 29.1 Å². The summed E-state index contributed by atoms with van der Waals surface area (Å²) in [7, 11) is 0. The zero-order valence-corrected chi connectivity index (χ0v) is 21.3. The van der Waals surface area contributed by atoms with E-state index in [9.17, 15) is 29.1 Å². The normalized spacial score (nSPS) is 16.2. The third-order valence-electron chi connectivity index (χ3n) is 6.19. The summed E-state index contributed by atoms with van der Waals surface area (Å²) in [6, 6.07) is -4.12. The Morgan fingerprint density at radius 1 is 0.800 bits per heavy atom. The number of carbonyl (C=O) groups excluding carboxylic acids is 4. The fraction of sp³-hybridized carbons (Fsp3) is 0.783. The van der Waals surface area contributed by atoms with Crippen molar-refractivity contribution in [2.45, 2.75) is 96.8 Å². The molecule has 0 rings (SSSR count). The van der Waals surface area contributed by atoms with E-state index in [-0.39, 0.29) is 31.1 Å². The summed E-state index contributed by atoms with van der Waals surface area (Å²) in [5.41, 5.74) is 16.5. The zero-order valence-electron chi connectivity index (χ0n) is 21.3. The van der Waals surface area contributed by atoms with Crippen LogP contribution >= 0.6 is 0 Å². The van der Waals surface area contributed by atoms with Crippen LogP contribution in [-0.4, -0.2) is 65.4 Å². The first-order chi connectivity index (χ1) is 16.4. The first kappa shape index (κ1) is 32.3. The van der Waals surface area contributed by atoms with Crippen LogP contribution in [0.5, 0.6) is 0 Å². The van der Waals surface area contributed by atoms with Crippen LogP contribution in [0.2, 0.25) is 0 Å². The molecule has 202 valence electrons. The molecule has 6 unspecified atom stereocenters. The third kappa shape index (κ3) is 12.0. The van der Waals surface area contributed by atoms with Gasteiger partial charge in [0.1, 0.15) is 18.1 Å². The second kappa shape index (κ2) is 16.8. The lowest BCUT2D eigenvalue weighted by atomic mass is 9.96. The van der Waals surface area contributed by atoms with Gasteiger partial charge in [0.05, 0.1) is 6.04 Å². The lowest BCUT2D eigenvalue weighted by Gasteiger charge is -2.28. The summed E-state index contributed by atoms with van der Waals surface area (Å²) in [4.78, 5) is 61.3. The van der Waals surface area contributed by atoms with Crippen molar-refractivity contribution in [3.05, 3.63) is 0 Å². The number of amides is 4. The van der Waals surface area contributed by atoms with E-state index in [4.69, 9.17) is 17.2 Å². The van der Waals surface area contributed by atoms with Crippen molar-refractivity contribution in [2.24, 2.45) is 29.0 Å². The standard InChI is InChI=1S/C23H44N6O6/c1-5-13(3)18(28-20(31)15(25)10-11-17(26)30)22(33)27-16(9-7-8-12-24)21(32)29-19(23(34)35)14(4)6-2/h13-16,18-19H,5-12,24-25H2,1-4H3,(H2,26,30)(H,27,33)(H,28,31)(H,29,32)(H,34,35). The molecule has 0 aromatic rings. The van der Waals surface area contributed by atoms with Crippen LogP contribution in [0.15, 0.2) is 0 Å². The molecular weight excluding hydrogens is 456 g/mol. The molecule has 0 bridgehead atoms. The first-order valence-electron chi connectivity index (χ1n) is 12.3. The Hall–Kier alpha value is -2.73. The number of carboxylic acids is 1. The monoisotopic (exact) mass is 500 g/mol. The van der Waals surface area contributed by atoms with Gasteiger partial charge in [-0.25, -0.2) is 4.79 Å². The van der Waals surface area contributed by atoms with Crippen LogP contribution in [0.1, 0.15) is 72.6 Å². The number of unbranched alkanes of at least 4 members (excludes halogenated alkanes) is 1. The van der Waals surface area contributed by atoms with Gasteiger partial charge in [0.25, 0.3) is 0 Å². The Morgan fingerprint density at radius 3 is 1.83 bits per heavy atom. The first-order valence-corrected chi connectivity index (χ1v) is 12.3. The maximum atomic E-state index is 13.2. The van der Waals surface area contributed by atoms with E-state index in [0.717, 1.165) is 0 Å². The third-order valence-corrected chi connectivity index (χ3v) is 6.19. The molecule has 0 spiro atoms. The molecule has 0 aliphatic rings. The van der Waals surface area contributed by atoms with Crippen molar-refractivity contribution in [3.8, 4) is 0 Å². The number of aliphatic carboxylic acids is 1. The fourth-order valence-electron chi connectivity index (χ4n) is 3.35. The summed E-state index contributed by atoms with van der Waals surface area (Å²) in [6.45, 7) is 7.56. The number of hydrogen-bond acceptors (Lipinski definition) is 7. The highest BCUT2D eigenvalue weighted by atomic mass is 16.4. The van der Waals surface area contributed by atoms with E-state index in [1.54, 1.807) is 13.8 Å². The molecule has 0 fully saturated rings. The van der Waals surface area contributed by atoms with E-state index < -0.39 is 53.8 Å². The molecule has 0 aromatic carbocycles. The molecule has 0 saturated carbocycles. The van der Waals surface area contributed by atoms with E-state index in [1.807, 2.05) is 13.8 Å². The van der Waals surface area contributed by atoms with Gasteiger partial charge in [-0.3, -0.25) is 19.2 Å². The molecule has 10 N–H and O–H groups in total. The number of nitrogens with one attached hydrogen (secondary N) is 3. The minimum Gasteiger partial charge on any atom is -0.480 e. The number of carbonyl (C=O) groups is 5. The molecule has 6 atom stereocenters.